The Balaban J connectivity index is 2.11. The highest BCUT2D eigenvalue weighted by Gasteiger charge is 2.21. The first-order chi connectivity index (χ1) is 9.35. The first-order valence-electron chi connectivity index (χ1n) is 7.38. The van der Waals surface area contributed by atoms with Crippen molar-refractivity contribution in [1.29, 1.82) is 0 Å². The monoisotopic (exact) mass is 293 g/mol. The van der Waals surface area contributed by atoms with E-state index in [-0.39, 0.29) is 5.54 Å². The molecule has 0 radical (unpaired) electrons. The lowest BCUT2D eigenvalue weighted by Gasteiger charge is -2.26. The van der Waals surface area contributed by atoms with Crippen molar-refractivity contribution in [2.75, 3.05) is 23.5 Å². The van der Waals surface area contributed by atoms with Gasteiger partial charge in [0.25, 0.3) is 0 Å². The molecule has 3 nitrogen and oxygen atoms in total. The molecule has 1 unspecified atom stereocenters. The number of hydrogen-bond acceptors (Lipinski definition) is 4. The number of thioether (sulfide) groups is 1. The molecule has 1 atom stereocenters. The standard InChI is InChI=1S/C16H27N3S/c1-12-8-13(10-17-16(2,3)4)9-15(18-12)19(5)14-6-7-20-11-14/h8-9,14,17H,6-7,10-11H2,1-5H3. The predicted molar refractivity (Wildman–Crippen MR) is 89.7 cm³/mol. The van der Waals surface area contributed by atoms with Crippen LogP contribution in [0, 0.1) is 6.92 Å². The molecule has 1 aromatic rings. The van der Waals surface area contributed by atoms with Crippen LogP contribution < -0.4 is 10.2 Å². The number of aromatic nitrogens is 1. The Morgan fingerprint density at radius 3 is 2.75 bits per heavy atom. The Morgan fingerprint density at radius 1 is 1.40 bits per heavy atom. The molecule has 0 saturated carbocycles. The van der Waals surface area contributed by atoms with Crippen LogP contribution >= 0.6 is 11.8 Å². The highest BCUT2D eigenvalue weighted by Crippen LogP contribution is 2.25. The van der Waals surface area contributed by atoms with E-state index in [2.05, 4.69) is 57.1 Å². The van der Waals surface area contributed by atoms with E-state index in [9.17, 15) is 0 Å². The maximum Gasteiger partial charge on any atom is 0.129 e. The number of rotatable bonds is 4. The number of nitrogens with one attached hydrogen (secondary N) is 1. The molecule has 1 aromatic heterocycles. The molecule has 0 amide bonds. The molecule has 2 heterocycles. The molecule has 1 fully saturated rings. The zero-order valence-corrected chi connectivity index (χ0v) is 14.2. The smallest absolute Gasteiger partial charge is 0.129 e. The van der Waals surface area contributed by atoms with Gasteiger partial charge in [-0.2, -0.15) is 11.8 Å². The van der Waals surface area contributed by atoms with Crippen LogP contribution in [-0.2, 0) is 6.54 Å². The topological polar surface area (TPSA) is 28.2 Å². The summed E-state index contributed by atoms with van der Waals surface area (Å²) in [4.78, 5) is 7.07. The van der Waals surface area contributed by atoms with Crippen molar-refractivity contribution in [2.24, 2.45) is 0 Å². The van der Waals surface area contributed by atoms with E-state index in [1.165, 1.54) is 23.5 Å². The maximum atomic E-state index is 4.71. The quantitative estimate of drug-likeness (QED) is 0.922. The Kier molecular flexibility index (Phi) is 4.97. The molecule has 0 aliphatic carbocycles. The zero-order valence-electron chi connectivity index (χ0n) is 13.4. The second-order valence-electron chi connectivity index (χ2n) is 6.71. The second-order valence-corrected chi connectivity index (χ2v) is 7.86. The average molecular weight is 293 g/mol. The van der Waals surface area contributed by atoms with E-state index in [0.29, 0.717) is 6.04 Å². The van der Waals surface area contributed by atoms with E-state index in [4.69, 9.17) is 4.98 Å². The summed E-state index contributed by atoms with van der Waals surface area (Å²) in [5.74, 6) is 3.62. The summed E-state index contributed by atoms with van der Waals surface area (Å²) in [7, 11) is 2.18. The van der Waals surface area contributed by atoms with Crippen LogP contribution in [-0.4, -0.2) is 35.1 Å². The first kappa shape index (κ1) is 15.6. The normalized spacial score (nSPS) is 19.4. The largest absolute Gasteiger partial charge is 0.356 e. The molecular formula is C16H27N3S. The molecule has 1 N–H and O–H groups in total. The van der Waals surface area contributed by atoms with Crippen molar-refractivity contribution in [1.82, 2.24) is 10.3 Å². The molecule has 2 rings (SSSR count). The summed E-state index contributed by atoms with van der Waals surface area (Å²) in [5.41, 5.74) is 2.57. The molecule has 20 heavy (non-hydrogen) atoms. The average Bonchev–Trinajstić information content (AvgIpc) is 2.88. The summed E-state index contributed by atoms with van der Waals surface area (Å²) >= 11 is 2.05. The number of hydrogen-bond donors (Lipinski definition) is 1. The molecule has 4 heteroatoms. The predicted octanol–water partition coefficient (Wildman–Crippen LogP) is 3.22. The molecule has 112 valence electrons. The van der Waals surface area contributed by atoms with Crippen LogP contribution in [0.15, 0.2) is 12.1 Å². The van der Waals surface area contributed by atoms with E-state index in [0.717, 1.165) is 18.1 Å². The van der Waals surface area contributed by atoms with Gasteiger partial charge in [-0.1, -0.05) is 0 Å². The number of aryl methyl sites for hydroxylation is 1. The highest BCUT2D eigenvalue weighted by atomic mass is 32.2. The first-order valence-corrected chi connectivity index (χ1v) is 8.54. The van der Waals surface area contributed by atoms with Gasteiger partial charge in [0.15, 0.2) is 0 Å². The summed E-state index contributed by atoms with van der Waals surface area (Å²) in [5, 5.41) is 3.55. The van der Waals surface area contributed by atoms with Crippen LogP contribution in [0.4, 0.5) is 5.82 Å². The number of anilines is 1. The van der Waals surface area contributed by atoms with Crippen LogP contribution in [0.5, 0.6) is 0 Å². The summed E-state index contributed by atoms with van der Waals surface area (Å²) < 4.78 is 0. The van der Waals surface area contributed by atoms with Crippen LogP contribution in [0.2, 0.25) is 0 Å². The van der Waals surface area contributed by atoms with E-state index >= 15 is 0 Å². The van der Waals surface area contributed by atoms with Gasteiger partial charge in [-0.15, -0.1) is 0 Å². The van der Waals surface area contributed by atoms with E-state index in [1.54, 1.807) is 0 Å². The van der Waals surface area contributed by atoms with Gasteiger partial charge >= 0.3 is 0 Å². The van der Waals surface area contributed by atoms with Crippen LogP contribution in [0.3, 0.4) is 0 Å². The Hall–Kier alpha value is -0.740. The third kappa shape index (κ3) is 4.38. The van der Waals surface area contributed by atoms with Gasteiger partial charge in [0.1, 0.15) is 5.82 Å². The fourth-order valence-corrected chi connectivity index (χ4v) is 3.65. The van der Waals surface area contributed by atoms with Gasteiger partial charge in [-0.3, -0.25) is 0 Å². The number of nitrogens with zero attached hydrogens (tertiary/aromatic N) is 2. The lowest BCUT2D eigenvalue weighted by molar-refractivity contribution is 0.424. The molecule has 1 saturated heterocycles. The van der Waals surface area contributed by atoms with Crippen LogP contribution in [0.1, 0.15) is 38.4 Å². The third-order valence-corrected chi connectivity index (χ3v) is 4.78. The van der Waals surface area contributed by atoms with Crippen LogP contribution in [0.25, 0.3) is 0 Å². The van der Waals surface area contributed by atoms with Gasteiger partial charge in [-0.05, 0) is 57.6 Å². The SMILES string of the molecule is Cc1cc(CNC(C)(C)C)cc(N(C)C2CCSC2)n1. The molecule has 0 spiro atoms. The zero-order chi connectivity index (χ0) is 14.8. The van der Waals surface area contributed by atoms with Crippen molar-refractivity contribution in [3.05, 3.63) is 23.4 Å². The molecule has 0 bridgehead atoms. The van der Waals surface area contributed by atoms with Gasteiger partial charge < -0.3 is 10.2 Å². The summed E-state index contributed by atoms with van der Waals surface area (Å²) in [6, 6.07) is 5.05. The van der Waals surface area contributed by atoms with Crippen molar-refractivity contribution in [3.8, 4) is 0 Å². The van der Waals surface area contributed by atoms with Crippen molar-refractivity contribution in [3.63, 3.8) is 0 Å². The van der Waals surface area contributed by atoms with Gasteiger partial charge in [0.05, 0.1) is 0 Å². The minimum absolute atomic E-state index is 0.144. The molecule has 1 aliphatic rings. The lowest BCUT2D eigenvalue weighted by atomic mass is 10.1. The fourth-order valence-electron chi connectivity index (χ4n) is 2.39. The Morgan fingerprint density at radius 2 is 2.15 bits per heavy atom. The molecule has 0 aromatic carbocycles. The Bertz CT molecular complexity index is 448. The third-order valence-electron chi connectivity index (χ3n) is 3.64. The minimum atomic E-state index is 0.144. The lowest BCUT2D eigenvalue weighted by Crippen LogP contribution is -2.35. The highest BCUT2D eigenvalue weighted by molar-refractivity contribution is 7.99. The number of pyridine rings is 1. The van der Waals surface area contributed by atoms with Crippen molar-refractivity contribution < 1.29 is 0 Å². The van der Waals surface area contributed by atoms with Gasteiger partial charge in [0, 0.05) is 36.6 Å². The summed E-state index contributed by atoms with van der Waals surface area (Å²) in [6.07, 6.45) is 1.27. The Labute approximate surface area is 127 Å². The fraction of sp³-hybridized carbons (Fsp3) is 0.688. The van der Waals surface area contributed by atoms with Gasteiger partial charge in [0.2, 0.25) is 0 Å². The van der Waals surface area contributed by atoms with Crippen molar-refractivity contribution in [2.45, 2.75) is 52.2 Å². The maximum absolute atomic E-state index is 4.71. The van der Waals surface area contributed by atoms with E-state index in [1.807, 2.05) is 11.8 Å². The van der Waals surface area contributed by atoms with Crippen molar-refractivity contribution >= 4 is 17.6 Å². The van der Waals surface area contributed by atoms with E-state index < -0.39 is 0 Å². The van der Waals surface area contributed by atoms with Gasteiger partial charge in [-0.25, -0.2) is 4.98 Å². The minimum Gasteiger partial charge on any atom is -0.356 e. The summed E-state index contributed by atoms with van der Waals surface area (Å²) in [6.45, 7) is 9.58. The molecular weight excluding hydrogens is 266 g/mol. The molecule has 1 aliphatic heterocycles. The second kappa shape index (κ2) is 6.35.